The van der Waals surface area contributed by atoms with Crippen LogP contribution in [0.3, 0.4) is 0 Å². The molecule has 0 spiro atoms. The molecule has 0 aliphatic heterocycles. The molecule has 0 amide bonds. The topological polar surface area (TPSA) is 41.0 Å². The van der Waals surface area contributed by atoms with Crippen LogP contribution < -0.4 is 10.2 Å². The van der Waals surface area contributed by atoms with Gasteiger partial charge in [0.25, 0.3) is 0 Å². The van der Waals surface area contributed by atoms with E-state index < -0.39 is 0 Å². The van der Waals surface area contributed by atoms with Gasteiger partial charge < -0.3 is 10.2 Å². The van der Waals surface area contributed by atoms with Gasteiger partial charge in [0.15, 0.2) is 0 Å². The van der Waals surface area contributed by atoms with Gasteiger partial charge in [-0.25, -0.2) is 14.4 Å². The van der Waals surface area contributed by atoms with E-state index in [1.165, 1.54) is 6.07 Å². The fraction of sp³-hybridized carbons (Fsp3) is 0.333. The summed E-state index contributed by atoms with van der Waals surface area (Å²) in [5.74, 6) is 0.639. The summed E-state index contributed by atoms with van der Waals surface area (Å²) in [6.07, 6.45) is 2.44. The van der Waals surface area contributed by atoms with E-state index >= 15 is 0 Å². The fourth-order valence-corrected chi connectivity index (χ4v) is 1.97. The third-order valence-corrected chi connectivity index (χ3v) is 3.04. The zero-order valence-electron chi connectivity index (χ0n) is 11.8. The molecule has 106 valence electrons. The molecule has 0 bridgehead atoms. The Kier molecular flexibility index (Phi) is 4.87. The highest BCUT2D eigenvalue weighted by Crippen LogP contribution is 2.16. The van der Waals surface area contributed by atoms with Gasteiger partial charge in [-0.15, -0.1) is 0 Å². The second-order valence-corrected chi connectivity index (χ2v) is 4.70. The second-order valence-electron chi connectivity index (χ2n) is 4.70. The molecule has 4 nitrogen and oxygen atoms in total. The smallest absolute Gasteiger partial charge is 0.146 e. The van der Waals surface area contributed by atoms with E-state index in [-0.39, 0.29) is 5.82 Å². The number of hydrogen-bond acceptors (Lipinski definition) is 4. The predicted molar refractivity (Wildman–Crippen MR) is 79.5 cm³/mol. The Balaban J connectivity index is 1.77. The van der Waals surface area contributed by atoms with Crippen molar-refractivity contribution in [2.75, 3.05) is 30.4 Å². The predicted octanol–water partition coefficient (Wildman–Crippen LogP) is 2.86. The molecule has 1 aromatic carbocycles. The van der Waals surface area contributed by atoms with Crippen molar-refractivity contribution in [1.29, 1.82) is 0 Å². The molecule has 0 aliphatic rings. The molecule has 0 atom stereocenters. The van der Waals surface area contributed by atoms with E-state index in [0.717, 1.165) is 31.0 Å². The number of hydrogen-bond donors (Lipinski definition) is 1. The Morgan fingerprint density at radius 2 is 2.05 bits per heavy atom. The Labute approximate surface area is 118 Å². The SMILES string of the molecule is Cc1cc(NCCCN(C)c2ccccc2F)ncn1. The van der Waals surface area contributed by atoms with Crippen LogP contribution in [0.15, 0.2) is 36.7 Å². The molecular weight excluding hydrogens is 255 g/mol. The average molecular weight is 274 g/mol. The van der Waals surface area contributed by atoms with Crippen LogP contribution in [-0.2, 0) is 0 Å². The van der Waals surface area contributed by atoms with Gasteiger partial charge in [0.05, 0.1) is 5.69 Å². The maximum Gasteiger partial charge on any atom is 0.146 e. The molecular formula is C15H19FN4. The van der Waals surface area contributed by atoms with E-state index in [0.29, 0.717) is 5.69 Å². The summed E-state index contributed by atoms with van der Waals surface area (Å²) in [4.78, 5) is 10.1. The number of benzene rings is 1. The molecule has 1 heterocycles. The first-order valence-corrected chi connectivity index (χ1v) is 6.65. The highest BCUT2D eigenvalue weighted by molar-refractivity contribution is 5.46. The van der Waals surface area contributed by atoms with Crippen molar-refractivity contribution in [2.24, 2.45) is 0 Å². The first-order chi connectivity index (χ1) is 9.66. The Hall–Kier alpha value is -2.17. The number of aromatic nitrogens is 2. The summed E-state index contributed by atoms with van der Waals surface area (Å²) in [5, 5.41) is 3.24. The molecule has 0 saturated heterocycles. The zero-order valence-corrected chi connectivity index (χ0v) is 11.8. The lowest BCUT2D eigenvalue weighted by Crippen LogP contribution is -2.21. The van der Waals surface area contributed by atoms with Gasteiger partial charge in [-0.3, -0.25) is 0 Å². The number of aryl methyl sites for hydroxylation is 1. The van der Waals surface area contributed by atoms with Crippen molar-refractivity contribution in [3.63, 3.8) is 0 Å². The van der Waals surface area contributed by atoms with Gasteiger partial charge in [-0.1, -0.05) is 12.1 Å². The minimum absolute atomic E-state index is 0.186. The van der Waals surface area contributed by atoms with E-state index in [1.807, 2.05) is 31.0 Å². The Bertz CT molecular complexity index is 559. The van der Waals surface area contributed by atoms with Crippen molar-refractivity contribution in [2.45, 2.75) is 13.3 Å². The van der Waals surface area contributed by atoms with Gasteiger partial charge in [-0.2, -0.15) is 0 Å². The van der Waals surface area contributed by atoms with Crippen molar-refractivity contribution >= 4 is 11.5 Å². The molecule has 5 heteroatoms. The summed E-state index contributed by atoms with van der Waals surface area (Å²) >= 11 is 0. The molecule has 0 fully saturated rings. The van der Waals surface area contributed by atoms with Gasteiger partial charge in [-0.05, 0) is 25.5 Å². The van der Waals surface area contributed by atoms with Crippen LogP contribution in [0.25, 0.3) is 0 Å². The Morgan fingerprint density at radius 1 is 1.25 bits per heavy atom. The van der Waals surface area contributed by atoms with E-state index in [1.54, 1.807) is 18.5 Å². The normalized spacial score (nSPS) is 10.3. The third-order valence-electron chi connectivity index (χ3n) is 3.04. The van der Waals surface area contributed by atoms with Crippen LogP contribution in [0.2, 0.25) is 0 Å². The van der Waals surface area contributed by atoms with Crippen LogP contribution in [0.5, 0.6) is 0 Å². The monoisotopic (exact) mass is 274 g/mol. The lowest BCUT2D eigenvalue weighted by Gasteiger charge is -2.19. The van der Waals surface area contributed by atoms with E-state index in [9.17, 15) is 4.39 Å². The summed E-state index contributed by atoms with van der Waals surface area (Å²) in [6.45, 7) is 3.49. The largest absolute Gasteiger partial charge is 0.372 e. The standard InChI is InChI=1S/C15H19FN4/c1-12-10-15(19-11-18-12)17-8-5-9-20(2)14-7-4-3-6-13(14)16/h3-4,6-7,10-11H,5,8-9H2,1-2H3,(H,17,18,19). The highest BCUT2D eigenvalue weighted by Gasteiger charge is 2.05. The summed E-state index contributed by atoms with van der Waals surface area (Å²) < 4.78 is 13.6. The summed E-state index contributed by atoms with van der Waals surface area (Å²) in [6, 6.07) is 8.72. The minimum Gasteiger partial charge on any atom is -0.372 e. The average Bonchev–Trinajstić information content (AvgIpc) is 2.44. The van der Waals surface area contributed by atoms with Crippen LogP contribution in [0, 0.1) is 12.7 Å². The van der Waals surface area contributed by atoms with Crippen LogP contribution >= 0.6 is 0 Å². The lowest BCUT2D eigenvalue weighted by molar-refractivity contribution is 0.621. The van der Waals surface area contributed by atoms with Gasteiger partial charge in [0, 0.05) is 31.9 Å². The van der Waals surface area contributed by atoms with Gasteiger partial charge in [0.2, 0.25) is 0 Å². The maximum atomic E-state index is 13.6. The van der Waals surface area contributed by atoms with Crippen LogP contribution in [0.4, 0.5) is 15.9 Å². The van der Waals surface area contributed by atoms with E-state index in [4.69, 9.17) is 0 Å². The van der Waals surface area contributed by atoms with Crippen LogP contribution in [0.1, 0.15) is 12.1 Å². The van der Waals surface area contributed by atoms with Crippen molar-refractivity contribution < 1.29 is 4.39 Å². The number of anilines is 2. The molecule has 0 unspecified atom stereocenters. The molecule has 20 heavy (non-hydrogen) atoms. The highest BCUT2D eigenvalue weighted by atomic mass is 19.1. The van der Waals surface area contributed by atoms with Crippen molar-refractivity contribution in [1.82, 2.24) is 9.97 Å². The fourth-order valence-electron chi connectivity index (χ4n) is 1.97. The molecule has 1 N–H and O–H groups in total. The number of nitrogens with zero attached hydrogens (tertiary/aromatic N) is 3. The van der Waals surface area contributed by atoms with Crippen molar-refractivity contribution in [3.8, 4) is 0 Å². The first-order valence-electron chi connectivity index (χ1n) is 6.65. The zero-order chi connectivity index (χ0) is 14.4. The number of halogens is 1. The number of rotatable bonds is 6. The molecule has 1 aromatic heterocycles. The maximum absolute atomic E-state index is 13.6. The lowest BCUT2D eigenvalue weighted by atomic mass is 10.2. The Morgan fingerprint density at radius 3 is 2.80 bits per heavy atom. The molecule has 0 aliphatic carbocycles. The minimum atomic E-state index is -0.186. The summed E-state index contributed by atoms with van der Waals surface area (Å²) in [5.41, 5.74) is 1.57. The van der Waals surface area contributed by atoms with Crippen molar-refractivity contribution in [3.05, 3.63) is 48.2 Å². The number of nitrogens with one attached hydrogen (secondary N) is 1. The molecule has 0 radical (unpaired) electrons. The van der Waals surface area contributed by atoms with Gasteiger partial charge in [0.1, 0.15) is 18.0 Å². The molecule has 2 aromatic rings. The molecule has 2 rings (SSSR count). The molecule has 0 saturated carbocycles. The summed E-state index contributed by atoms with van der Waals surface area (Å²) in [7, 11) is 1.90. The van der Waals surface area contributed by atoms with E-state index in [2.05, 4.69) is 15.3 Å². The third kappa shape index (κ3) is 3.91. The first kappa shape index (κ1) is 14.2. The quantitative estimate of drug-likeness (QED) is 0.822. The number of para-hydroxylation sites is 1. The van der Waals surface area contributed by atoms with Crippen LogP contribution in [-0.4, -0.2) is 30.1 Å². The second kappa shape index (κ2) is 6.84. The van der Waals surface area contributed by atoms with Gasteiger partial charge >= 0.3 is 0 Å².